The molecule has 1 heterocycles. The third kappa shape index (κ3) is 4.95. The predicted molar refractivity (Wildman–Crippen MR) is 114 cm³/mol. The average Bonchev–Trinajstić information content (AvgIpc) is 3.45. The van der Waals surface area contributed by atoms with Gasteiger partial charge in [-0.1, -0.05) is 31.2 Å². The predicted octanol–water partition coefficient (Wildman–Crippen LogP) is 5.38. The van der Waals surface area contributed by atoms with Gasteiger partial charge in [0.2, 0.25) is 0 Å². The van der Waals surface area contributed by atoms with Crippen LogP contribution in [0.15, 0.2) is 48.5 Å². The van der Waals surface area contributed by atoms with Gasteiger partial charge in [-0.15, -0.1) is 0 Å². The van der Waals surface area contributed by atoms with Gasteiger partial charge >= 0.3 is 0 Å². The highest BCUT2D eigenvalue weighted by atomic mass is 16.5. The zero-order valence-electron chi connectivity index (χ0n) is 17.1. The molecule has 0 spiro atoms. The molecule has 3 heteroatoms. The Hall–Kier alpha value is -2.29. The second-order valence-electron chi connectivity index (χ2n) is 8.70. The summed E-state index contributed by atoms with van der Waals surface area (Å²) < 4.78 is 5.83. The van der Waals surface area contributed by atoms with Crippen molar-refractivity contribution in [2.24, 2.45) is 5.92 Å². The smallest absolute Gasteiger partial charge is 0.130 e. The van der Waals surface area contributed by atoms with Crippen molar-refractivity contribution in [3.8, 4) is 5.75 Å². The van der Waals surface area contributed by atoms with Crippen molar-refractivity contribution in [1.82, 2.24) is 0 Å². The molecule has 1 unspecified atom stereocenters. The van der Waals surface area contributed by atoms with Crippen LogP contribution in [-0.2, 0) is 11.2 Å². The fourth-order valence-corrected chi connectivity index (χ4v) is 3.98. The minimum Gasteiger partial charge on any atom is -0.490 e. The summed E-state index contributed by atoms with van der Waals surface area (Å²) in [4.78, 5) is 13.6. The van der Waals surface area contributed by atoms with E-state index in [2.05, 4.69) is 60.4 Å². The van der Waals surface area contributed by atoms with Gasteiger partial charge < -0.3 is 14.4 Å². The molecule has 1 aliphatic heterocycles. The van der Waals surface area contributed by atoms with Crippen LogP contribution in [-0.4, -0.2) is 25.0 Å². The van der Waals surface area contributed by atoms with E-state index < -0.39 is 0 Å². The number of Topliss-reactive ketones (excluding diaryl/α,β-unsaturated/α-hetero) is 1. The number of aryl methyl sites for hydroxylation is 1. The molecular weight excluding hydrogens is 346 g/mol. The molecule has 1 saturated heterocycles. The third-order valence-corrected chi connectivity index (χ3v) is 5.92. The van der Waals surface area contributed by atoms with E-state index in [4.69, 9.17) is 4.74 Å². The molecule has 0 bridgehead atoms. The summed E-state index contributed by atoms with van der Waals surface area (Å²) in [5.41, 5.74) is 4.10. The second-order valence-corrected chi connectivity index (χ2v) is 8.70. The lowest BCUT2D eigenvalue weighted by atomic mass is 9.89. The van der Waals surface area contributed by atoms with Crippen LogP contribution < -0.4 is 9.64 Å². The summed E-state index contributed by atoms with van der Waals surface area (Å²) in [6, 6.07) is 17.7. The Balaban J connectivity index is 1.24. The molecule has 2 fully saturated rings. The molecule has 1 saturated carbocycles. The van der Waals surface area contributed by atoms with Crippen molar-refractivity contribution < 1.29 is 9.53 Å². The lowest BCUT2D eigenvalue weighted by molar-refractivity contribution is -0.117. The van der Waals surface area contributed by atoms with Crippen LogP contribution in [0.25, 0.3) is 0 Å². The SMILES string of the molecule is CC(=O)CC(C)CCc1ccc(C2CN(c3ccc(OC4CC4)cc3)C2)cc1. The summed E-state index contributed by atoms with van der Waals surface area (Å²) in [5, 5.41) is 0. The van der Waals surface area contributed by atoms with E-state index in [0.717, 1.165) is 31.7 Å². The van der Waals surface area contributed by atoms with Crippen LogP contribution in [0.2, 0.25) is 0 Å². The molecule has 2 aliphatic rings. The Labute approximate surface area is 168 Å². The topological polar surface area (TPSA) is 29.5 Å². The number of hydrogen-bond donors (Lipinski definition) is 0. The third-order valence-electron chi connectivity index (χ3n) is 5.92. The molecule has 0 radical (unpaired) electrons. The normalized spacial score (nSPS) is 17.9. The van der Waals surface area contributed by atoms with Crippen LogP contribution in [0.1, 0.15) is 56.6 Å². The summed E-state index contributed by atoms with van der Waals surface area (Å²) in [5.74, 6) is 2.38. The molecule has 0 amide bonds. The molecule has 3 nitrogen and oxygen atoms in total. The van der Waals surface area contributed by atoms with E-state index in [0.29, 0.717) is 30.1 Å². The van der Waals surface area contributed by atoms with Gasteiger partial charge in [-0.3, -0.25) is 0 Å². The van der Waals surface area contributed by atoms with Crippen LogP contribution in [0.4, 0.5) is 5.69 Å². The molecular formula is C25H31NO2. The van der Waals surface area contributed by atoms with Crippen molar-refractivity contribution in [3.05, 3.63) is 59.7 Å². The van der Waals surface area contributed by atoms with Crippen LogP contribution in [0.3, 0.4) is 0 Å². The standard InChI is InChI=1S/C25H31NO2/c1-18(15-19(2)27)3-4-20-5-7-21(8-6-20)22-16-26(17-22)23-9-11-24(12-10-23)28-25-13-14-25/h5-12,18,22,25H,3-4,13-17H2,1-2H3. The maximum atomic E-state index is 11.2. The van der Waals surface area contributed by atoms with E-state index in [1.807, 2.05) is 0 Å². The Morgan fingerprint density at radius 1 is 1.07 bits per heavy atom. The first-order valence-electron chi connectivity index (χ1n) is 10.7. The van der Waals surface area contributed by atoms with E-state index in [9.17, 15) is 4.79 Å². The van der Waals surface area contributed by atoms with E-state index in [1.165, 1.54) is 29.7 Å². The van der Waals surface area contributed by atoms with Gasteiger partial charge in [-0.05, 0) is 73.9 Å². The second kappa shape index (κ2) is 8.38. The van der Waals surface area contributed by atoms with Crippen molar-refractivity contribution in [2.75, 3.05) is 18.0 Å². The summed E-state index contributed by atoms with van der Waals surface area (Å²) in [7, 11) is 0. The summed E-state index contributed by atoms with van der Waals surface area (Å²) >= 11 is 0. The number of ether oxygens (including phenoxy) is 1. The zero-order chi connectivity index (χ0) is 19.5. The van der Waals surface area contributed by atoms with E-state index in [1.54, 1.807) is 6.92 Å². The number of carbonyl (C=O) groups is 1. The number of benzene rings is 2. The number of rotatable bonds is 9. The van der Waals surface area contributed by atoms with Crippen molar-refractivity contribution >= 4 is 11.5 Å². The van der Waals surface area contributed by atoms with Crippen molar-refractivity contribution in [1.29, 1.82) is 0 Å². The van der Waals surface area contributed by atoms with Gasteiger partial charge in [0.1, 0.15) is 11.5 Å². The number of nitrogens with zero attached hydrogens (tertiary/aromatic N) is 1. The Morgan fingerprint density at radius 2 is 1.75 bits per heavy atom. The minimum absolute atomic E-state index is 0.294. The molecule has 2 aromatic carbocycles. The monoisotopic (exact) mass is 377 g/mol. The van der Waals surface area contributed by atoms with Gasteiger partial charge in [0.15, 0.2) is 0 Å². The molecule has 2 aromatic rings. The Bertz CT molecular complexity index is 786. The fourth-order valence-electron chi connectivity index (χ4n) is 3.98. The first kappa shape index (κ1) is 19.0. The van der Waals surface area contributed by atoms with Crippen LogP contribution in [0.5, 0.6) is 5.75 Å². The van der Waals surface area contributed by atoms with Gasteiger partial charge in [-0.25, -0.2) is 0 Å². The molecule has 1 atom stereocenters. The van der Waals surface area contributed by atoms with Gasteiger partial charge in [0.25, 0.3) is 0 Å². The first-order chi connectivity index (χ1) is 13.6. The zero-order valence-corrected chi connectivity index (χ0v) is 17.1. The highest BCUT2D eigenvalue weighted by molar-refractivity contribution is 5.75. The highest BCUT2D eigenvalue weighted by Gasteiger charge is 2.28. The Morgan fingerprint density at radius 3 is 2.36 bits per heavy atom. The quantitative estimate of drug-likeness (QED) is 0.588. The molecule has 28 heavy (non-hydrogen) atoms. The van der Waals surface area contributed by atoms with Crippen molar-refractivity contribution in [3.63, 3.8) is 0 Å². The molecule has 0 N–H and O–H groups in total. The molecule has 1 aliphatic carbocycles. The molecule has 148 valence electrons. The van der Waals surface area contributed by atoms with Crippen LogP contribution in [0, 0.1) is 5.92 Å². The van der Waals surface area contributed by atoms with E-state index in [-0.39, 0.29) is 0 Å². The summed E-state index contributed by atoms with van der Waals surface area (Å²) in [6.07, 6.45) is 5.69. The highest BCUT2D eigenvalue weighted by Crippen LogP contribution is 2.33. The number of anilines is 1. The lowest BCUT2D eigenvalue weighted by Gasteiger charge is -2.41. The first-order valence-corrected chi connectivity index (χ1v) is 10.7. The number of hydrogen-bond acceptors (Lipinski definition) is 3. The number of carbonyl (C=O) groups excluding carboxylic acids is 1. The maximum absolute atomic E-state index is 11.2. The lowest BCUT2D eigenvalue weighted by Crippen LogP contribution is -2.45. The average molecular weight is 378 g/mol. The number of ketones is 1. The van der Waals surface area contributed by atoms with Gasteiger partial charge in [-0.2, -0.15) is 0 Å². The Kier molecular flexibility index (Phi) is 5.70. The largest absolute Gasteiger partial charge is 0.490 e. The van der Waals surface area contributed by atoms with E-state index >= 15 is 0 Å². The maximum Gasteiger partial charge on any atom is 0.130 e. The minimum atomic E-state index is 0.294. The molecule has 0 aromatic heterocycles. The summed E-state index contributed by atoms with van der Waals surface area (Å²) in [6.45, 7) is 6.02. The molecule has 4 rings (SSSR count). The van der Waals surface area contributed by atoms with Gasteiger partial charge in [0, 0.05) is 31.1 Å². The van der Waals surface area contributed by atoms with Crippen molar-refractivity contribution in [2.45, 2.75) is 58.0 Å². The van der Waals surface area contributed by atoms with Crippen LogP contribution >= 0.6 is 0 Å². The fraction of sp³-hybridized carbons (Fsp3) is 0.480. The van der Waals surface area contributed by atoms with Gasteiger partial charge in [0.05, 0.1) is 6.10 Å².